The molecule has 0 atom stereocenters. The van der Waals surface area contributed by atoms with Crippen LogP contribution in [0.5, 0.6) is 0 Å². The molecule has 3 rings (SSSR count). The highest BCUT2D eigenvalue weighted by molar-refractivity contribution is 7.15. The minimum Gasteiger partial charge on any atom is -0.349 e. The maximum absolute atomic E-state index is 13.7. The van der Waals surface area contributed by atoms with Gasteiger partial charge in [-0.2, -0.15) is 0 Å². The smallest absolute Gasteiger partial charge is 0.208 e. The molecule has 0 unspecified atom stereocenters. The molecule has 0 aliphatic carbocycles. The van der Waals surface area contributed by atoms with E-state index in [1.54, 1.807) is 23.5 Å². The first kappa shape index (κ1) is 16.0. The van der Waals surface area contributed by atoms with Gasteiger partial charge in [0.25, 0.3) is 0 Å². The number of halogens is 1. The Morgan fingerprint density at radius 2 is 1.96 bits per heavy atom. The van der Waals surface area contributed by atoms with Gasteiger partial charge in [-0.15, -0.1) is 21.5 Å². The largest absolute Gasteiger partial charge is 0.349 e. The quantitative estimate of drug-likeness (QED) is 0.681. The zero-order chi connectivity index (χ0) is 16.2. The number of aryl methyl sites for hydroxylation is 1. The van der Waals surface area contributed by atoms with E-state index < -0.39 is 0 Å². The fraction of sp³-hybridized carbons (Fsp3) is 0.312. The second kappa shape index (κ2) is 7.14. The number of hydrogen-bond acceptors (Lipinski definition) is 6. The number of benzene rings is 1. The summed E-state index contributed by atoms with van der Waals surface area (Å²) in [7, 11) is 1.99. The van der Waals surface area contributed by atoms with Gasteiger partial charge in [0.15, 0.2) is 0 Å². The fourth-order valence-electron chi connectivity index (χ4n) is 2.15. The van der Waals surface area contributed by atoms with Gasteiger partial charge in [-0.3, -0.25) is 0 Å². The van der Waals surface area contributed by atoms with E-state index in [1.165, 1.54) is 22.3 Å². The van der Waals surface area contributed by atoms with Crippen molar-refractivity contribution in [2.75, 3.05) is 18.5 Å². The molecule has 23 heavy (non-hydrogen) atoms. The van der Waals surface area contributed by atoms with E-state index in [9.17, 15) is 4.39 Å². The minimum absolute atomic E-state index is 0.197. The number of thiazole rings is 1. The van der Waals surface area contributed by atoms with E-state index >= 15 is 0 Å². The van der Waals surface area contributed by atoms with Gasteiger partial charge in [0.2, 0.25) is 5.13 Å². The Bertz CT molecular complexity index is 784. The van der Waals surface area contributed by atoms with Crippen molar-refractivity contribution in [3.8, 4) is 0 Å². The Kier molecular flexibility index (Phi) is 4.97. The van der Waals surface area contributed by atoms with Crippen LogP contribution in [0.15, 0.2) is 30.5 Å². The van der Waals surface area contributed by atoms with Gasteiger partial charge < -0.3 is 4.90 Å². The van der Waals surface area contributed by atoms with Gasteiger partial charge in [-0.05, 0) is 18.6 Å². The van der Waals surface area contributed by atoms with Crippen LogP contribution in [0, 0.1) is 12.7 Å². The highest BCUT2D eigenvalue weighted by atomic mass is 32.1. The summed E-state index contributed by atoms with van der Waals surface area (Å²) in [6.45, 7) is 2.89. The van der Waals surface area contributed by atoms with Crippen molar-refractivity contribution >= 4 is 27.8 Å². The van der Waals surface area contributed by atoms with E-state index in [1.807, 2.05) is 19.3 Å². The molecule has 120 valence electrons. The van der Waals surface area contributed by atoms with E-state index in [2.05, 4.69) is 27.0 Å². The van der Waals surface area contributed by atoms with Crippen LogP contribution in [-0.4, -0.2) is 28.8 Å². The van der Waals surface area contributed by atoms with E-state index in [-0.39, 0.29) is 5.82 Å². The van der Waals surface area contributed by atoms with Crippen LogP contribution in [0.3, 0.4) is 0 Å². The van der Waals surface area contributed by atoms with Crippen molar-refractivity contribution in [1.82, 2.24) is 15.2 Å². The minimum atomic E-state index is -0.197. The highest BCUT2D eigenvalue weighted by Crippen LogP contribution is 2.23. The second-order valence-corrected chi connectivity index (χ2v) is 7.64. The van der Waals surface area contributed by atoms with Crippen LogP contribution in [0.1, 0.15) is 20.5 Å². The summed E-state index contributed by atoms with van der Waals surface area (Å²) in [6, 6.07) is 6.78. The number of nitrogens with zero attached hydrogens (tertiary/aromatic N) is 4. The van der Waals surface area contributed by atoms with Gasteiger partial charge in [0.05, 0.1) is 5.01 Å². The number of hydrogen-bond donors (Lipinski definition) is 0. The summed E-state index contributed by atoms with van der Waals surface area (Å²) in [4.78, 5) is 7.67. The van der Waals surface area contributed by atoms with Crippen molar-refractivity contribution in [2.45, 2.75) is 19.8 Å². The number of likely N-dealkylation sites (N-methyl/N-ethyl adjacent to an activating group) is 1. The summed E-state index contributed by atoms with van der Waals surface area (Å²) in [5, 5.41) is 11.2. The zero-order valence-electron chi connectivity index (χ0n) is 13.0. The summed E-state index contributed by atoms with van der Waals surface area (Å²) >= 11 is 3.23. The first-order chi connectivity index (χ1) is 11.1. The molecule has 0 saturated carbocycles. The predicted molar refractivity (Wildman–Crippen MR) is 92.9 cm³/mol. The molecule has 0 aliphatic heterocycles. The molecule has 0 radical (unpaired) electrons. The SMILES string of the molecule is Cc1cnc(CCN(C)c2nnc(Cc3ccccc3F)s2)s1. The summed E-state index contributed by atoms with van der Waals surface area (Å²) in [6.07, 6.45) is 3.26. The Balaban J connectivity index is 1.61. The van der Waals surface area contributed by atoms with Crippen LogP contribution in [0.2, 0.25) is 0 Å². The van der Waals surface area contributed by atoms with E-state index in [4.69, 9.17) is 0 Å². The molecule has 3 aromatic rings. The van der Waals surface area contributed by atoms with Crippen molar-refractivity contribution in [1.29, 1.82) is 0 Å². The molecular formula is C16H17FN4S2. The van der Waals surface area contributed by atoms with Crippen LogP contribution in [-0.2, 0) is 12.8 Å². The molecule has 0 fully saturated rings. The molecule has 0 amide bonds. The average Bonchev–Trinajstić information content (AvgIpc) is 3.16. The molecule has 2 aromatic heterocycles. The topological polar surface area (TPSA) is 41.9 Å². The molecule has 0 saturated heterocycles. The Morgan fingerprint density at radius 3 is 2.70 bits per heavy atom. The third-order valence-electron chi connectivity index (χ3n) is 3.41. The molecule has 0 spiro atoms. The molecule has 4 nitrogen and oxygen atoms in total. The molecule has 7 heteroatoms. The van der Waals surface area contributed by atoms with Gasteiger partial charge in [-0.25, -0.2) is 9.37 Å². The summed E-state index contributed by atoms with van der Waals surface area (Å²) in [5.74, 6) is -0.197. The molecule has 0 bridgehead atoms. The Morgan fingerprint density at radius 1 is 1.13 bits per heavy atom. The van der Waals surface area contributed by atoms with Crippen LogP contribution >= 0.6 is 22.7 Å². The van der Waals surface area contributed by atoms with Crippen molar-refractivity contribution in [3.05, 3.63) is 56.7 Å². The van der Waals surface area contributed by atoms with Gasteiger partial charge in [0.1, 0.15) is 10.8 Å². The number of aromatic nitrogens is 3. The number of rotatable bonds is 6. The van der Waals surface area contributed by atoms with Gasteiger partial charge in [0, 0.05) is 37.5 Å². The van der Waals surface area contributed by atoms with E-state index in [0.29, 0.717) is 12.0 Å². The fourth-order valence-corrected chi connectivity index (χ4v) is 3.78. The lowest BCUT2D eigenvalue weighted by molar-refractivity contribution is 0.613. The maximum Gasteiger partial charge on any atom is 0.208 e. The molecule has 2 heterocycles. The maximum atomic E-state index is 13.7. The normalized spacial score (nSPS) is 10.9. The predicted octanol–water partition coefficient (Wildman–Crippen LogP) is 3.71. The first-order valence-electron chi connectivity index (χ1n) is 7.30. The molecular weight excluding hydrogens is 331 g/mol. The zero-order valence-corrected chi connectivity index (χ0v) is 14.6. The first-order valence-corrected chi connectivity index (χ1v) is 8.93. The highest BCUT2D eigenvalue weighted by Gasteiger charge is 2.11. The lowest BCUT2D eigenvalue weighted by Crippen LogP contribution is -2.19. The monoisotopic (exact) mass is 348 g/mol. The Labute approximate surface area is 142 Å². The van der Waals surface area contributed by atoms with Crippen LogP contribution < -0.4 is 4.90 Å². The lowest BCUT2D eigenvalue weighted by Gasteiger charge is -2.13. The third kappa shape index (κ3) is 4.11. The van der Waals surface area contributed by atoms with Crippen LogP contribution in [0.4, 0.5) is 9.52 Å². The lowest BCUT2D eigenvalue weighted by atomic mass is 10.1. The standard InChI is InChI=1S/C16H17FN4S2/c1-11-10-18-14(22-11)7-8-21(2)16-20-19-15(23-16)9-12-5-3-4-6-13(12)17/h3-6,10H,7-9H2,1-2H3. The van der Waals surface area contributed by atoms with Crippen LogP contribution in [0.25, 0.3) is 0 Å². The second-order valence-electron chi connectivity index (χ2n) is 5.28. The van der Waals surface area contributed by atoms with Crippen molar-refractivity contribution < 1.29 is 4.39 Å². The van der Waals surface area contributed by atoms with Crippen molar-refractivity contribution in [3.63, 3.8) is 0 Å². The van der Waals surface area contributed by atoms with Gasteiger partial charge >= 0.3 is 0 Å². The molecule has 0 N–H and O–H groups in total. The Hall–Kier alpha value is -1.86. The van der Waals surface area contributed by atoms with Crippen molar-refractivity contribution in [2.24, 2.45) is 0 Å². The van der Waals surface area contributed by atoms with Gasteiger partial charge in [-0.1, -0.05) is 29.5 Å². The molecule has 0 aliphatic rings. The molecule has 1 aromatic carbocycles. The van der Waals surface area contributed by atoms with E-state index in [0.717, 1.165) is 28.1 Å². The summed E-state index contributed by atoms with van der Waals surface area (Å²) in [5.41, 5.74) is 0.649. The third-order valence-corrected chi connectivity index (χ3v) is 5.42. The summed E-state index contributed by atoms with van der Waals surface area (Å²) < 4.78 is 13.7. The number of anilines is 1. The average molecular weight is 348 g/mol.